The van der Waals surface area contributed by atoms with Gasteiger partial charge in [-0.3, -0.25) is 9.59 Å². The molecule has 7 heteroatoms. The zero-order chi connectivity index (χ0) is 18.7. The summed E-state index contributed by atoms with van der Waals surface area (Å²) in [5.74, 6) is -0.416. The van der Waals surface area contributed by atoms with E-state index in [2.05, 4.69) is 4.74 Å². The van der Waals surface area contributed by atoms with Crippen LogP contribution in [0.3, 0.4) is 0 Å². The highest BCUT2D eigenvalue weighted by Crippen LogP contribution is 2.11. The topological polar surface area (TPSA) is 96.3 Å². The van der Waals surface area contributed by atoms with Gasteiger partial charge in [-0.05, 0) is 30.0 Å². The monoisotopic (exact) mass is 345 g/mol. The predicted molar refractivity (Wildman–Crippen MR) is 95.1 cm³/mol. The van der Waals surface area contributed by atoms with E-state index in [9.17, 15) is 14.4 Å². The van der Waals surface area contributed by atoms with E-state index in [0.29, 0.717) is 17.8 Å². The SMILES string of the molecule is COC(=O)[C@@H](N)Cc1ccc(-n2c(=O)cc(C(C)C)n(C)c2=O)cc1. The first-order valence-corrected chi connectivity index (χ1v) is 8.02. The molecule has 0 aliphatic carbocycles. The minimum atomic E-state index is -0.753. The summed E-state index contributed by atoms with van der Waals surface area (Å²) in [4.78, 5) is 36.3. The Bertz CT molecular complexity index is 879. The Labute approximate surface area is 145 Å². The van der Waals surface area contributed by atoms with Gasteiger partial charge in [0.25, 0.3) is 5.56 Å². The van der Waals surface area contributed by atoms with Crippen LogP contribution in [0.5, 0.6) is 0 Å². The molecule has 25 heavy (non-hydrogen) atoms. The number of carbonyl (C=O) groups is 1. The lowest BCUT2D eigenvalue weighted by Crippen LogP contribution is -2.39. The lowest BCUT2D eigenvalue weighted by atomic mass is 10.1. The number of hydrogen-bond donors (Lipinski definition) is 1. The van der Waals surface area contributed by atoms with E-state index in [1.54, 1.807) is 31.3 Å². The third-order valence-corrected chi connectivity index (χ3v) is 4.10. The van der Waals surface area contributed by atoms with Gasteiger partial charge in [-0.25, -0.2) is 9.36 Å². The van der Waals surface area contributed by atoms with Crippen LogP contribution >= 0.6 is 0 Å². The molecule has 1 aromatic heterocycles. The molecule has 0 amide bonds. The van der Waals surface area contributed by atoms with Crippen molar-refractivity contribution in [3.05, 3.63) is 62.4 Å². The Kier molecular flexibility index (Phi) is 5.58. The largest absolute Gasteiger partial charge is 0.468 e. The van der Waals surface area contributed by atoms with Gasteiger partial charge in [0.1, 0.15) is 6.04 Å². The van der Waals surface area contributed by atoms with E-state index in [0.717, 1.165) is 10.1 Å². The first-order chi connectivity index (χ1) is 11.8. The van der Waals surface area contributed by atoms with Crippen LogP contribution in [0.4, 0.5) is 0 Å². The van der Waals surface area contributed by atoms with Crippen molar-refractivity contribution >= 4 is 5.97 Å². The fourth-order valence-electron chi connectivity index (χ4n) is 2.70. The lowest BCUT2D eigenvalue weighted by Gasteiger charge is -2.14. The van der Waals surface area contributed by atoms with Crippen molar-refractivity contribution in [2.75, 3.05) is 7.11 Å². The molecule has 7 nitrogen and oxygen atoms in total. The highest BCUT2D eigenvalue weighted by atomic mass is 16.5. The van der Waals surface area contributed by atoms with Crippen LogP contribution in [0.15, 0.2) is 39.9 Å². The summed E-state index contributed by atoms with van der Waals surface area (Å²) < 4.78 is 7.20. The fourth-order valence-corrected chi connectivity index (χ4v) is 2.70. The Morgan fingerprint density at radius 2 is 1.80 bits per heavy atom. The van der Waals surface area contributed by atoms with Crippen molar-refractivity contribution in [2.24, 2.45) is 12.8 Å². The first kappa shape index (κ1) is 18.7. The smallest absolute Gasteiger partial charge is 0.335 e. The molecule has 0 unspecified atom stereocenters. The number of rotatable bonds is 5. The van der Waals surface area contributed by atoms with Crippen molar-refractivity contribution in [3.8, 4) is 5.69 Å². The number of ether oxygens (including phenoxy) is 1. The van der Waals surface area contributed by atoms with Gasteiger partial charge >= 0.3 is 11.7 Å². The van der Waals surface area contributed by atoms with Gasteiger partial charge in [0.2, 0.25) is 0 Å². The summed E-state index contributed by atoms with van der Waals surface area (Å²) in [5.41, 5.74) is 6.94. The first-order valence-electron chi connectivity index (χ1n) is 8.02. The number of aromatic nitrogens is 2. The molecule has 0 saturated carbocycles. The second kappa shape index (κ2) is 7.48. The highest BCUT2D eigenvalue weighted by molar-refractivity contribution is 5.75. The minimum Gasteiger partial charge on any atom is -0.468 e. The van der Waals surface area contributed by atoms with Gasteiger partial charge in [-0.2, -0.15) is 0 Å². The fraction of sp³-hybridized carbons (Fsp3) is 0.389. The number of esters is 1. The summed E-state index contributed by atoms with van der Waals surface area (Å²) in [5, 5.41) is 0. The van der Waals surface area contributed by atoms with E-state index in [1.165, 1.54) is 17.7 Å². The van der Waals surface area contributed by atoms with Crippen LogP contribution in [-0.4, -0.2) is 28.3 Å². The number of hydrogen-bond acceptors (Lipinski definition) is 5. The van der Waals surface area contributed by atoms with Crippen molar-refractivity contribution < 1.29 is 9.53 Å². The molecule has 2 N–H and O–H groups in total. The van der Waals surface area contributed by atoms with Crippen molar-refractivity contribution in [1.82, 2.24) is 9.13 Å². The van der Waals surface area contributed by atoms with Crippen LogP contribution in [0.1, 0.15) is 31.0 Å². The van der Waals surface area contributed by atoms with E-state index in [1.807, 2.05) is 13.8 Å². The number of benzene rings is 1. The van der Waals surface area contributed by atoms with Crippen LogP contribution in [0, 0.1) is 0 Å². The quantitative estimate of drug-likeness (QED) is 0.805. The lowest BCUT2D eigenvalue weighted by molar-refractivity contribution is -0.142. The van der Waals surface area contributed by atoms with Gasteiger partial charge < -0.3 is 15.0 Å². The molecule has 1 aromatic carbocycles. The Morgan fingerprint density at radius 1 is 1.20 bits per heavy atom. The summed E-state index contributed by atoms with van der Waals surface area (Å²) in [7, 11) is 2.94. The van der Waals surface area contributed by atoms with E-state index in [-0.39, 0.29) is 11.5 Å². The molecule has 0 aliphatic heterocycles. The zero-order valence-electron chi connectivity index (χ0n) is 14.9. The van der Waals surface area contributed by atoms with Gasteiger partial charge in [0.15, 0.2) is 0 Å². The second-order valence-corrected chi connectivity index (χ2v) is 6.24. The molecule has 0 spiro atoms. The molecule has 1 atom stereocenters. The van der Waals surface area contributed by atoms with Gasteiger partial charge in [0, 0.05) is 18.8 Å². The van der Waals surface area contributed by atoms with E-state index < -0.39 is 17.7 Å². The van der Waals surface area contributed by atoms with Gasteiger partial charge in [-0.1, -0.05) is 26.0 Å². The van der Waals surface area contributed by atoms with Crippen LogP contribution < -0.4 is 17.0 Å². The molecule has 2 rings (SSSR count). The molecule has 0 bridgehead atoms. The van der Waals surface area contributed by atoms with Crippen molar-refractivity contribution in [3.63, 3.8) is 0 Å². The Balaban J connectivity index is 2.38. The number of methoxy groups -OCH3 is 1. The zero-order valence-corrected chi connectivity index (χ0v) is 14.9. The summed E-state index contributed by atoms with van der Waals surface area (Å²) in [6.07, 6.45) is 0.312. The summed E-state index contributed by atoms with van der Waals surface area (Å²) in [6, 6.07) is 7.53. The molecule has 134 valence electrons. The maximum absolute atomic E-state index is 12.6. The second-order valence-electron chi connectivity index (χ2n) is 6.24. The summed E-state index contributed by atoms with van der Waals surface area (Å²) in [6.45, 7) is 3.86. The maximum Gasteiger partial charge on any atom is 0.335 e. The van der Waals surface area contributed by atoms with Crippen molar-refractivity contribution in [1.29, 1.82) is 0 Å². The van der Waals surface area contributed by atoms with Gasteiger partial charge in [0.05, 0.1) is 12.8 Å². The molecule has 0 saturated heterocycles. The molecular formula is C18H23N3O4. The summed E-state index contributed by atoms with van der Waals surface area (Å²) >= 11 is 0. The molecule has 1 heterocycles. The third-order valence-electron chi connectivity index (χ3n) is 4.10. The average molecular weight is 345 g/mol. The molecule has 0 aliphatic rings. The van der Waals surface area contributed by atoms with Crippen LogP contribution in [0.25, 0.3) is 5.69 Å². The third kappa shape index (κ3) is 3.88. The standard InChI is InChI=1S/C18H23N3O4/c1-11(2)15-10-16(22)21(18(24)20(15)3)13-7-5-12(6-8-13)9-14(19)17(23)25-4/h5-8,10-11,14H,9,19H2,1-4H3/t14-/m0/s1. The maximum atomic E-state index is 12.6. The molecular weight excluding hydrogens is 322 g/mol. The number of nitrogens with two attached hydrogens (primary N) is 1. The number of nitrogens with zero attached hydrogens (tertiary/aromatic N) is 2. The van der Waals surface area contributed by atoms with Crippen LogP contribution in [-0.2, 0) is 23.0 Å². The number of carbonyl (C=O) groups excluding carboxylic acids is 1. The van der Waals surface area contributed by atoms with E-state index in [4.69, 9.17) is 5.73 Å². The van der Waals surface area contributed by atoms with Gasteiger partial charge in [-0.15, -0.1) is 0 Å². The van der Waals surface area contributed by atoms with E-state index >= 15 is 0 Å². The average Bonchev–Trinajstić information content (AvgIpc) is 2.58. The predicted octanol–water partition coefficient (Wildman–Crippen LogP) is 0.702. The minimum absolute atomic E-state index is 0.0715. The van der Waals surface area contributed by atoms with Crippen LogP contribution in [0.2, 0.25) is 0 Å². The van der Waals surface area contributed by atoms with Crippen molar-refractivity contribution in [2.45, 2.75) is 32.2 Å². The Morgan fingerprint density at radius 3 is 2.32 bits per heavy atom. The molecule has 2 aromatic rings. The molecule has 0 radical (unpaired) electrons. The molecule has 0 fully saturated rings. The highest BCUT2D eigenvalue weighted by Gasteiger charge is 2.15. The normalized spacial score (nSPS) is 12.2. The Hall–Kier alpha value is -2.67.